The predicted octanol–water partition coefficient (Wildman–Crippen LogP) is 4.29. The summed E-state index contributed by atoms with van der Waals surface area (Å²) >= 11 is 1.76. The third-order valence-electron chi connectivity index (χ3n) is 3.82. The fourth-order valence-corrected chi connectivity index (χ4v) is 3.47. The van der Waals surface area contributed by atoms with Gasteiger partial charge in [0.25, 0.3) is 0 Å². The molecule has 0 amide bonds. The summed E-state index contributed by atoms with van der Waals surface area (Å²) in [5.41, 5.74) is 9.57. The van der Waals surface area contributed by atoms with E-state index >= 15 is 0 Å². The molecule has 0 bridgehead atoms. The number of rotatable bonds is 6. The van der Waals surface area contributed by atoms with Crippen LogP contribution >= 0.6 is 11.3 Å². The molecular weight excluding hydrogens is 276 g/mol. The van der Waals surface area contributed by atoms with Crippen LogP contribution in [0.1, 0.15) is 55.4 Å². The van der Waals surface area contributed by atoms with Gasteiger partial charge in [0.2, 0.25) is 0 Å². The van der Waals surface area contributed by atoms with Gasteiger partial charge in [0.1, 0.15) is 0 Å². The molecule has 1 aromatic carbocycles. The molecule has 0 spiro atoms. The minimum atomic E-state index is 0.0663. The SMILES string of the molecule is CC(C)c1ccc(CC(C)(C)c2nc(CCN)cs2)cc1. The van der Waals surface area contributed by atoms with Gasteiger partial charge in [-0.25, -0.2) is 4.98 Å². The summed E-state index contributed by atoms with van der Waals surface area (Å²) in [4.78, 5) is 4.75. The summed E-state index contributed by atoms with van der Waals surface area (Å²) in [5.74, 6) is 0.588. The number of nitrogens with two attached hydrogens (primary N) is 1. The lowest BCUT2D eigenvalue weighted by Crippen LogP contribution is -2.20. The fourth-order valence-electron chi connectivity index (χ4n) is 2.49. The third-order valence-corrected chi connectivity index (χ3v) is 5.08. The lowest BCUT2D eigenvalue weighted by Gasteiger charge is -2.22. The van der Waals surface area contributed by atoms with Crippen LogP contribution in [0.4, 0.5) is 0 Å². The molecule has 2 N–H and O–H groups in total. The number of thiazole rings is 1. The van der Waals surface area contributed by atoms with Crippen LogP contribution in [-0.4, -0.2) is 11.5 Å². The molecule has 1 heterocycles. The van der Waals surface area contributed by atoms with Crippen LogP contribution in [-0.2, 0) is 18.3 Å². The van der Waals surface area contributed by atoms with Crippen molar-refractivity contribution >= 4 is 11.3 Å². The van der Waals surface area contributed by atoms with E-state index in [-0.39, 0.29) is 5.41 Å². The van der Waals surface area contributed by atoms with Gasteiger partial charge < -0.3 is 5.73 Å². The number of benzene rings is 1. The molecule has 114 valence electrons. The van der Waals surface area contributed by atoms with E-state index in [0.29, 0.717) is 12.5 Å². The molecule has 0 aliphatic heterocycles. The monoisotopic (exact) mass is 302 g/mol. The molecule has 0 atom stereocenters. The Kier molecular flexibility index (Phi) is 5.17. The molecule has 2 aromatic rings. The summed E-state index contributed by atoms with van der Waals surface area (Å²) in [6, 6.07) is 9.01. The van der Waals surface area contributed by atoms with Crippen molar-refractivity contribution in [3.63, 3.8) is 0 Å². The van der Waals surface area contributed by atoms with Gasteiger partial charge in [0.15, 0.2) is 0 Å². The fraction of sp³-hybridized carbons (Fsp3) is 0.500. The van der Waals surface area contributed by atoms with E-state index in [1.807, 2.05) is 0 Å². The summed E-state index contributed by atoms with van der Waals surface area (Å²) in [5, 5.41) is 3.35. The Morgan fingerprint density at radius 2 is 1.86 bits per heavy atom. The van der Waals surface area contributed by atoms with Gasteiger partial charge >= 0.3 is 0 Å². The summed E-state index contributed by atoms with van der Waals surface area (Å²) in [6.45, 7) is 9.67. The zero-order valence-corrected chi connectivity index (χ0v) is 14.3. The van der Waals surface area contributed by atoms with E-state index in [1.165, 1.54) is 16.1 Å². The molecule has 1 aromatic heterocycles. The molecule has 2 rings (SSSR count). The highest BCUT2D eigenvalue weighted by Crippen LogP contribution is 2.30. The Labute approximate surface area is 132 Å². The Hall–Kier alpha value is -1.19. The summed E-state index contributed by atoms with van der Waals surface area (Å²) in [6.07, 6.45) is 1.89. The quantitative estimate of drug-likeness (QED) is 0.864. The largest absolute Gasteiger partial charge is 0.330 e. The molecule has 0 radical (unpaired) electrons. The number of nitrogens with zero attached hydrogens (tertiary/aromatic N) is 1. The standard InChI is InChI=1S/C18H26N2S/c1-13(2)15-7-5-14(6-8-15)11-18(3,4)17-20-16(9-10-19)12-21-17/h5-8,12-13H,9-11,19H2,1-4H3. The number of aromatic nitrogens is 1. The van der Waals surface area contributed by atoms with Crippen LogP contribution in [0.15, 0.2) is 29.6 Å². The highest BCUT2D eigenvalue weighted by Gasteiger charge is 2.24. The van der Waals surface area contributed by atoms with E-state index in [4.69, 9.17) is 10.7 Å². The molecule has 0 aliphatic carbocycles. The first-order valence-corrected chi connectivity index (χ1v) is 8.54. The van der Waals surface area contributed by atoms with Gasteiger partial charge in [-0.3, -0.25) is 0 Å². The van der Waals surface area contributed by atoms with E-state index < -0.39 is 0 Å². The zero-order chi connectivity index (χ0) is 15.5. The van der Waals surface area contributed by atoms with Crippen LogP contribution in [0, 0.1) is 0 Å². The first-order valence-electron chi connectivity index (χ1n) is 7.66. The van der Waals surface area contributed by atoms with Crippen molar-refractivity contribution in [3.05, 3.63) is 51.5 Å². The molecule has 0 unspecified atom stereocenters. The second-order valence-electron chi connectivity index (χ2n) is 6.64. The molecule has 0 fully saturated rings. The van der Waals surface area contributed by atoms with E-state index in [2.05, 4.69) is 57.3 Å². The van der Waals surface area contributed by atoms with Gasteiger partial charge in [0.05, 0.1) is 10.7 Å². The van der Waals surface area contributed by atoms with Gasteiger partial charge in [0, 0.05) is 17.2 Å². The molecule has 21 heavy (non-hydrogen) atoms. The van der Waals surface area contributed by atoms with Gasteiger partial charge in [-0.05, 0) is 30.0 Å². The molecule has 0 aliphatic rings. The van der Waals surface area contributed by atoms with Crippen molar-refractivity contribution in [3.8, 4) is 0 Å². The average molecular weight is 302 g/mol. The first-order chi connectivity index (χ1) is 9.92. The minimum Gasteiger partial charge on any atom is -0.330 e. The summed E-state index contributed by atoms with van der Waals surface area (Å²) < 4.78 is 0. The Morgan fingerprint density at radius 1 is 1.19 bits per heavy atom. The highest BCUT2D eigenvalue weighted by atomic mass is 32.1. The predicted molar refractivity (Wildman–Crippen MR) is 92.1 cm³/mol. The van der Waals surface area contributed by atoms with Crippen LogP contribution < -0.4 is 5.73 Å². The topological polar surface area (TPSA) is 38.9 Å². The Bertz CT molecular complexity index is 567. The second-order valence-corrected chi connectivity index (χ2v) is 7.50. The maximum absolute atomic E-state index is 5.61. The highest BCUT2D eigenvalue weighted by molar-refractivity contribution is 7.09. The van der Waals surface area contributed by atoms with Crippen molar-refractivity contribution in [2.75, 3.05) is 6.54 Å². The Morgan fingerprint density at radius 3 is 2.43 bits per heavy atom. The zero-order valence-electron chi connectivity index (χ0n) is 13.5. The summed E-state index contributed by atoms with van der Waals surface area (Å²) in [7, 11) is 0. The van der Waals surface area contributed by atoms with Crippen molar-refractivity contribution in [1.29, 1.82) is 0 Å². The van der Waals surface area contributed by atoms with E-state index in [9.17, 15) is 0 Å². The molecule has 2 nitrogen and oxygen atoms in total. The smallest absolute Gasteiger partial charge is 0.0987 e. The van der Waals surface area contributed by atoms with Gasteiger partial charge in [-0.15, -0.1) is 11.3 Å². The lowest BCUT2D eigenvalue weighted by molar-refractivity contribution is 0.517. The van der Waals surface area contributed by atoms with E-state index in [1.54, 1.807) is 11.3 Å². The normalized spacial score (nSPS) is 12.1. The van der Waals surface area contributed by atoms with Crippen LogP contribution in [0.5, 0.6) is 0 Å². The molecule has 3 heteroatoms. The maximum atomic E-state index is 5.61. The average Bonchev–Trinajstić information content (AvgIpc) is 2.89. The van der Waals surface area contributed by atoms with E-state index in [0.717, 1.165) is 18.5 Å². The molecule has 0 saturated carbocycles. The van der Waals surface area contributed by atoms with Crippen LogP contribution in [0.3, 0.4) is 0 Å². The maximum Gasteiger partial charge on any atom is 0.0987 e. The van der Waals surface area contributed by atoms with Crippen molar-refractivity contribution in [1.82, 2.24) is 4.98 Å². The van der Waals surface area contributed by atoms with Gasteiger partial charge in [-0.1, -0.05) is 52.0 Å². The molecular formula is C18H26N2S. The Balaban J connectivity index is 2.11. The lowest BCUT2D eigenvalue weighted by atomic mass is 9.86. The number of hydrogen-bond donors (Lipinski definition) is 1. The first kappa shape index (κ1) is 16.2. The molecule has 0 saturated heterocycles. The van der Waals surface area contributed by atoms with Crippen LogP contribution in [0.2, 0.25) is 0 Å². The van der Waals surface area contributed by atoms with Gasteiger partial charge in [-0.2, -0.15) is 0 Å². The third kappa shape index (κ3) is 4.14. The minimum absolute atomic E-state index is 0.0663. The van der Waals surface area contributed by atoms with Crippen molar-refractivity contribution < 1.29 is 0 Å². The second kappa shape index (κ2) is 6.71. The van der Waals surface area contributed by atoms with Crippen LogP contribution in [0.25, 0.3) is 0 Å². The van der Waals surface area contributed by atoms with Crippen molar-refractivity contribution in [2.45, 2.75) is 51.9 Å². The number of hydrogen-bond acceptors (Lipinski definition) is 3. The van der Waals surface area contributed by atoms with Crippen molar-refractivity contribution in [2.24, 2.45) is 5.73 Å².